The number of amides is 1. The van der Waals surface area contributed by atoms with Crippen molar-refractivity contribution in [2.45, 2.75) is 6.92 Å². The van der Waals surface area contributed by atoms with E-state index in [0.29, 0.717) is 17.3 Å². The van der Waals surface area contributed by atoms with Crippen LogP contribution in [0.2, 0.25) is 0 Å². The first-order valence-electron chi connectivity index (χ1n) is 8.52. The predicted octanol–water partition coefficient (Wildman–Crippen LogP) is 2.19. The van der Waals surface area contributed by atoms with E-state index in [1.165, 1.54) is 4.57 Å². The van der Waals surface area contributed by atoms with E-state index in [1.54, 1.807) is 31.4 Å². The van der Waals surface area contributed by atoms with Crippen molar-refractivity contribution in [3.05, 3.63) is 70.3 Å². The zero-order chi connectivity index (χ0) is 19.8. The minimum absolute atomic E-state index is 0.0414. The summed E-state index contributed by atoms with van der Waals surface area (Å²) in [6.45, 7) is 1.94. The number of primary amides is 1. The van der Waals surface area contributed by atoms with Gasteiger partial charge >= 0.3 is 5.69 Å². The highest BCUT2D eigenvalue weighted by atomic mass is 16.5. The van der Waals surface area contributed by atoms with Gasteiger partial charge in [-0.2, -0.15) is 0 Å². The molecule has 2 heterocycles. The number of aromatic amines is 1. The minimum Gasteiger partial charge on any atom is -0.497 e. The number of carbonyl (C=O) groups excluding carboxylic acids is 1. The van der Waals surface area contributed by atoms with E-state index in [4.69, 9.17) is 10.5 Å². The van der Waals surface area contributed by atoms with Crippen molar-refractivity contribution in [1.29, 1.82) is 0 Å². The summed E-state index contributed by atoms with van der Waals surface area (Å²) in [7, 11) is 1.54. The zero-order valence-electron chi connectivity index (χ0n) is 15.3. The molecular formula is C20H17N5O3. The van der Waals surface area contributed by atoms with E-state index in [0.717, 1.165) is 11.1 Å². The molecule has 0 unspecified atom stereocenters. The molecule has 8 nitrogen and oxygen atoms in total. The van der Waals surface area contributed by atoms with Crippen molar-refractivity contribution in [2.75, 3.05) is 7.11 Å². The van der Waals surface area contributed by atoms with Crippen molar-refractivity contribution in [1.82, 2.24) is 19.5 Å². The molecule has 2 aromatic carbocycles. The summed E-state index contributed by atoms with van der Waals surface area (Å²) in [6.07, 6.45) is 0. The van der Waals surface area contributed by atoms with Crippen molar-refractivity contribution < 1.29 is 9.53 Å². The van der Waals surface area contributed by atoms with Crippen LogP contribution in [0.15, 0.2) is 53.3 Å². The van der Waals surface area contributed by atoms with Gasteiger partial charge in [0.2, 0.25) is 0 Å². The number of aryl methyl sites for hydroxylation is 1. The minimum atomic E-state index is -0.750. The molecule has 0 atom stereocenters. The van der Waals surface area contributed by atoms with Crippen LogP contribution in [0.25, 0.3) is 28.2 Å². The fourth-order valence-electron chi connectivity index (χ4n) is 3.07. The lowest BCUT2D eigenvalue weighted by Crippen LogP contribution is -2.15. The smallest absolute Gasteiger partial charge is 0.332 e. The third-order valence-corrected chi connectivity index (χ3v) is 4.36. The summed E-state index contributed by atoms with van der Waals surface area (Å²) in [5, 5.41) is 0. The number of methoxy groups -OCH3 is 1. The third kappa shape index (κ3) is 2.90. The maximum atomic E-state index is 12.7. The molecule has 3 N–H and O–H groups in total. The SMILES string of the molecule is COc1cccc(-n2c(=O)[nH]c3c(C(N)=O)nc(-c4cccc(C)c4)nc32)c1. The lowest BCUT2D eigenvalue weighted by molar-refractivity contribution is 0.0997. The molecule has 0 radical (unpaired) electrons. The average Bonchev–Trinajstić information content (AvgIpc) is 3.02. The zero-order valence-corrected chi connectivity index (χ0v) is 15.3. The number of ether oxygens (including phenoxy) is 1. The number of hydrogen-bond acceptors (Lipinski definition) is 5. The van der Waals surface area contributed by atoms with Crippen molar-refractivity contribution in [2.24, 2.45) is 5.73 Å². The van der Waals surface area contributed by atoms with Gasteiger partial charge in [-0.05, 0) is 25.1 Å². The molecule has 8 heteroatoms. The Morgan fingerprint density at radius 3 is 2.64 bits per heavy atom. The van der Waals surface area contributed by atoms with Crippen LogP contribution in [0.1, 0.15) is 16.1 Å². The number of benzene rings is 2. The van der Waals surface area contributed by atoms with E-state index >= 15 is 0 Å². The van der Waals surface area contributed by atoms with Crippen molar-refractivity contribution >= 4 is 17.1 Å². The Morgan fingerprint density at radius 1 is 1.14 bits per heavy atom. The van der Waals surface area contributed by atoms with Gasteiger partial charge in [0, 0.05) is 11.6 Å². The Morgan fingerprint density at radius 2 is 1.93 bits per heavy atom. The average molecular weight is 375 g/mol. The van der Waals surface area contributed by atoms with Crippen molar-refractivity contribution in [3.63, 3.8) is 0 Å². The highest BCUT2D eigenvalue weighted by Crippen LogP contribution is 2.23. The van der Waals surface area contributed by atoms with Gasteiger partial charge in [0.15, 0.2) is 17.2 Å². The van der Waals surface area contributed by atoms with Gasteiger partial charge < -0.3 is 15.5 Å². The number of aromatic nitrogens is 4. The van der Waals surface area contributed by atoms with Gasteiger partial charge in [0.05, 0.1) is 12.8 Å². The first-order chi connectivity index (χ1) is 13.5. The number of rotatable bonds is 4. The monoisotopic (exact) mass is 375 g/mol. The van der Waals surface area contributed by atoms with E-state index in [-0.39, 0.29) is 16.9 Å². The molecule has 2 aromatic heterocycles. The van der Waals surface area contributed by atoms with E-state index in [1.807, 2.05) is 31.2 Å². The second-order valence-corrected chi connectivity index (χ2v) is 6.30. The van der Waals surface area contributed by atoms with Crippen molar-refractivity contribution in [3.8, 4) is 22.8 Å². The topological polar surface area (TPSA) is 116 Å². The number of nitrogens with zero attached hydrogens (tertiary/aromatic N) is 3. The normalized spacial score (nSPS) is 10.9. The number of fused-ring (bicyclic) bond motifs is 1. The molecule has 0 saturated heterocycles. The first kappa shape index (κ1) is 17.5. The molecule has 140 valence electrons. The highest BCUT2D eigenvalue weighted by Gasteiger charge is 2.20. The molecular weight excluding hydrogens is 358 g/mol. The van der Waals surface area contributed by atoms with Crippen LogP contribution in [0.5, 0.6) is 5.75 Å². The molecule has 0 fully saturated rings. The first-order valence-corrected chi connectivity index (χ1v) is 8.52. The summed E-state index contributed by atoms with van der Waals surface area (Å²) >= 11 is 0. The second-order valence-electron chi connectivity index (χ2n) is 6.30. The molecule has 0 aliphatic carbocycles. The number of nitrogens with two attached hydrogens (primary N) is 1. The Balaban J connectivity index is 2.05. The summed E-state index contributed by atoms with van der Waals surface area (Å²) in [5.74, 6) is 0.142. The van der Waals surface area contributed by atoms with Crippen LogP contribution in [0.4, 0.5) is 0 Å². The largest absolute Gasteiger partial charge is 0.497 e. The number of hydrogen-bond donors (Lipinski definition) is 2. The fraction of sp³-hybridized carbons (Fsp3) is 0.100. The Hall–Kier alpha value is -3.94. The number of imidazole rings is 1. The van der Waals surface area contributed by atoms with Crippen LogP contribution < -0.4 is 16.2 Å². The summed E-state index contributed by atoms with van der Waals surface area (Å²) in [4.78, 5) is 36.2. The molecule has 28 heavy (non-hydrogen) atoms. The molecule has 0 bridgehead atoms. The van der Waals surface area contributed by atoms with Gasteiger partial charge in [-0.3, -0.25) is 4.79 Å². The number of carbonyl (C=O) groups is 1. The molecule has 1 amide bonds. The number of nitrogens with one attached hydrogen (secondary N) is 1. The Bertz CT molecular complexity index is 1270. The highest BCUT2D eigenvalue weighted by molar-refractivity contribution is 6.02. The molecule has 0 saturated carbocycles. The van der Waals surface area contributed by atoms with Crippen LogP contribution >= 0.6 is 0 Å². The maximum absolute atomic E-state index is 12.7. The molecule has 0 spiro atoms. The quantitative estimate of drug-likeness (QED) is 0.567. The van der Waals surface area contributed by atoms with Gasteiger partial charge in [0.1, 0.15) is 11.3 Å². The third-order valence-electron chi connectivity index (χ3n) is 4.36. The Kier molecular flexibility index (Phi) is 4.15. The van der Waals surface area contributed by atoms with Gasteiger partial charge in [-0.25, -0.2) is 19.3 Å². The maximum Gasteiger partial charge on any atom is 0.332 e. The summed E-state index contributed by atoms with van der Waals surface area (Å²) in [5.41, 5.74) is 7.75. The fourth-order valence-corrected chi connectivity index (χ4v) is 3.07. The molecule has 0 aliphatic rings. The summed E-state index contributed by atoms with van der Waals surface area (Å²) in [6, 6.07) is 14.5. The van der Waals surface area contributed by atoms with E-state index in [2.05, 4.69) is 15.0 Å². The van der Waals surface area contributed by atoms with Crippen LogP contribution in [0, 0.1) is 6.92 Å². The van der Waals surface area contributed by atoms with Crippen LogP contribution in [0.3, 0.4) is 0 Å². The Labute approximate surface area is 159 Å². The van der Waals surface area contributed by atoms with Gasteiger partial charge in [-0.15, -0.1) is 0 Å². The number of H-pyrrole nitrogens is 1. The molecule has 0 aliphatic heterocycles. The predicted molar refractivity (Wildman–Crippen MR) is 105 cm³/mol. The molecule has 4 aromatic rings. The van der Waals surface area contributed by atoms with Gasteiger partial charge in [-0.1, -0.05) is 29.8 Å². The lowest BCUT2D eigenvalue weighted by Gasteiger charge is -2.08. The van der Waals surface area contributed by atoms with Crippen LogP contribution in [-0.4, -0.2) is 32.5 Å². The lowest BCUT2D eigenvalue weighted by atomic mass is 10.1. The standard InChI is InChI=1S/C20H17N5O3/c1-11-5-3-6-12(9-11)18-22-15(17(21)26)16-19(24-18)25(20(27)23-16)13-7-4-8-14(10-13)28-2/h3-10H,1-2H3,(H2,21,26)(H,23,27). The van der Waals surface area contributed by atoms with Crippen LogP contribution in [-0.2, 0) is 0 Å². The summed E-state index contributed by atoms with van der Waals surface area (Å²) < 4.78 is 6.61. The van der Waals surface area contributed by atoms with Gasteiger partial charge in [0.25, 0.3) is 5.91 Å². The van der Waals surface area contributed by atoms with E-state index in [9.17, 15) is 9.59 Å². The molecule has 4 rings (SSSR count). The second kappa shape index (κ2) is 6.66. The van der Waals surface area contributed by atoms with E-state index < -0.39 is 11.6 Å².